The summed E-state index contributed by atoms with van der Waals surface area (Å²) in [5, 5.41) is 4.19. The Morgan fingerprint density at radius 2 is 2.00 bits per heavy atom. The highest BCUT2D eigenvalue weighted by Crippen LogP contribution is 2.22. The van der Waals surface area contributed by atoms with Gasteiger partial charge in [0, 0.05) is 31.3 Å². The van der Waals surface area contributed by atoms with Gasteiger partial charge in [-0.15, -0.1) is 0 Å². The van der Waals surface area contributed by atoms with Crippen LogP contribution in [0, 0.1) is 0 Å². The Bertz CT molecular complexity index is 678. The van der Waals surface area contributed by atoms with E-state index in [1.54, 1.807) is 7.11 Å². The summed E-state index contributed by atoms with van der Waals surface area (Å²) in [6, 6.07) is 10.1. The van der Waals surface area contributed by atoms with Crippen molar-refractivity contribution in [3.63, 3.8) is 0 Å². The molecule has 26 heavy (non-hydrogen) atoms. The van der Waals surface area contributed by atoms with Crippen LogP contribution in [0.3, 0.4) is 0 Å². The highest BCUT2D eigenvalue weighted by molar-refractivity contribution is 5.32. The van der Waals surface area contributed by atoms with Crippen molar-refractivity contribution < 1.29 is 14.0 Å². The standard InChI is InChI=1S/C20H29N3O3/c1-22(2)14-19-12-17(21-26-19)13-23-10-8-18(9-11-23)25-15-16-6-4-5-7-20(16)24-3/h4-7,12,18H,8-11,13-15H2,1-3H3. The predicted octanol–water partition coefficient (Wildman–Crippen LogP) is 2.93. The van der Waals surface area contributed by atoms with E-state index < -0.39 is 0 Å². The lowest BCUT2D eigenvalue weighted by atomic mass is 10.1. The fraction of sp³-hybridized carbons (Fsp3) is 0.550. The summed E-state index contributed by atoms with van der Waals surface area (Å²) >= 11 is 0. The van der Waals surface area contributed by atoms with Gasteiger partial charge in [0.25, 0.3) is 0 Å². The fourth-order valence-corrected chi connectivity index (χ4v) is 3.31. The third-order valence-corrected chi connectivity index (χ3v) is 4.67. The molecule has 0 radical (unpaired) electrons. The summed E-state index contributed by atoms with van der Waals surface area (Å²) in [5.74, 6) is 1.81. The lowest BCUT2D eigenvalue weighted by Crippen LogP contribution is -2.36. The van der Waals surface area contributed by atoms with E-state index in [4.69, 9.17) is 14.0 Å². The number of benzene rings is 1. The molecule has 0 saturated carbocycles. The SMILES string of the molecule is COc1ccccc1COC1CCN(Cc2cc(CN(C)C)on2)CC1. The zero-order valence-corrected chi connectivity index (χ0v) is 16.0. The van der Waals surface area contributed by atoms with Crippen LogP contribution in [-0.2, 0) is 24.4 Å². The van der Waals surface area contributed by atoms with Gasteiger partial charge in [-0.1, -0.05) is 23.4 Å². The van der Waals surface area contributed by atoms with Crippen LogP contribution in [0.4, 0.5) is 0 Å². The summed E-state index contributed by atoms with van der Waals surface area (Å²) in [6.07, 6.45) is 2.38. The van der Waals surface area contributed by atoms with E-state index in [0.717, 1.165) is 61.8 Å². The van der Waals surface area contributed by atoms with Gasteiger partial charge in [-0.05, 0) is 33.0 Å². The molecule has 0 aliphatic carbocycles. The monoisotopic (exact) mass is 359 g/mol. The summed E-state index contributed by atoms with van der Waals surface area (Å²) in [5.41, 5.74) is 2.11. The van der Waals surface area contributed by atoms with Crippen molar-refractivity contribution in [2.75, 3.05) is 34.3 Å². The van der Waals surface area contributed by atoms with Crippen molar-refractivity contribution in [1.82, 2.24) is 15.0 Å². The maximum absolute atomic E-state index is 6.11. The van der Waals surface area contributed by atoms with Crippen molar-refractivity contribution in [2.45, 2.75) is 38.6 Å². The molecule has 6 heteroatoms. The minimum Gasteiger partial charge on any atom is -0.496 e. The number of ether oxygens (including phenoxy) is 2. The predicted molar refractivity (Wildman–Crippen MR) is 100.0 cm³/mol. The molecule has 1 aromatic carbocycles. The van der Waals surface area contributed by atoms with Gasteiger partial charge in [0.2, 0.25) is 0 Å². The number of hydrogen-bond acceptors (Lipinski definition) is 6. The Morgan fingerprint density at radius 3 is 2.73 bits per heavy atom. The van der Waals surface area contributed by atoms with E-state index in [2.05, 4.69) is 27.1 Å². The third kappa shape index (κ3) is 5.30. The topological polar surface area (TPSA) is 51.0 Å². The molecular formula is C20H29N3O3. The molecule has 1 saturated heterocycles. The van der Waals surface area contributed by atoms with Gasteiger partial charge < -0.3 is 18.9 Å². The Labute approximate surface area is 155 Å². The average Bonchev–Trinajstić information content (AvgIpc) is 3.07. The summed E-state index contributed by atoms with van der Waals surface area (Å²) < 4.78 is 16.9. The van der Waals surface area contributed by atoms with Crippen LogP contribution in [0.5, 0.6) is 5.75 Å². The van der Waals surface area contributed by atoms with Crippen LogP contribution in [0.1, 0.15) is 29.9 Å². The third-order valence-electron chi connectivity index (χ3n) is 4.67. The average molecular weight is 359 g/mol. The number of para-hydroxylation sites is 1. The number of nitrogens with zero attached hydrogens (tertiary/aromatic N) is 3. The van der Waals surface area contributed by atoms with E-state index in [1.165, 1.54) is 0 Å². The molecule has 0 spiro atoms. The van der Waals surface area contributed by atoms with Crippen LogP contribution in [0.15, 0.2) is 34.9 Å². The Balaban J connectivity index is 1.42. The van der Waals surface area contributed by atoms with Gasteiger partial charge in [-0.2, -0.15) is 0 Å². The molecular weight excluding hydrogens is 330 g/mol. The molecule has 0 N–H and O–H groups in total. The van der Waals surface area contributed by atoms with Crippen molar-refractivity contribution in [2.24, 2.45) is 0 Å². The second kappa shape index (κ2) is 9.16. The second-order valence-corrected chi connectivity index (χ2v) is 7.12. The lowest BCUT2D eigenvalue weighted by Gasteiger charge is -2.31. The number of methoxy groups -OCH3 is 1. The summed E-state index contributed by atoms with van der Waals surface area (Å²) in [7, 11) is 5.75. The Hall–Kier alpha value is -1.89. The molecule has 0 amide bonds. The zero-order chi connectivity index (χ0) is 18.4. The second-order valence-electron chi connectivity index (χ2n) is 7.12. The Kier molecular flexibility index (Phi) is 6.66. The van der Waals surface area contributed by atoms with Crippen LogP contribution >= 0.6 is 0 Å². The van der Waals surface area contributed by atoms with Crippen molar-refractivity contribution >= 4 is 0 Å². The quantitative estimate of drug-likeness (QED) is 0.722. The molecule has 2 aromatic rings. The summed E-state index contributed by atoms with van der Waals surface area (Å²) in [6.45, 7) is 4.27. The molecule has 2 heterocycles. The van der Waals surface area contributed by atoms with Gasteiger partial charge in [0.1, 0.15) is 5.75 Å². The Morgan fingerprint density at radius 1 is 1.23 bits per heavy atom. The van der Waals surface area contributed by atoms with Crippen LogP contribution in [0.2, 0.25) is 0 Å². The first-order chi connectivity index (χ1) is 12.6. The smallest absolute Gasteiger partial charge is 0.150 e. The number of likely N-dealkylation sites (tertiary alicyclic amines) is 1. The number of hydrogen-bond donors (Lipinski definition) is 0. The molecule has 142 valence electrons. The van der Waals surface area contributed by atoms with E-state index in [0.29, 0.717) is 12.7 Å². The van der Waals surface area contributed by atoms with Crippen molar-refractivity contribution in [3.05, 3.63) is 47.3 Å². The molecule has 1 aromatic heterocycles. The van der Waals surface area contributed by atoms with Gasteiger partial charge in [-0.25, -0.2) is 0 Å². The van der Waals surface area contributed by atoms with Crippen molar-refractivity contribution in [1.29, 1.82) is 0 Å². The lowest BCUT2D eigenvalue weighted by molar-refractivity contribution is -0.00489. The van der Waals surface area contributed by atoms with Gasteiger partial charge in [0.15, 0.2) is 5.76 Å². The number of aromatic nitrogens is 1. The normalized spacial score (nSPS) is 16.3. The highest BCUT2D eigenvalue weighted by Gasteiger charge is 2.21. The van der Waals surface area contributed by atoms with Gasteiger partial charge in [0.05, 0.1) is 32.1 Å². The molecule has 0 bridgehead atoms. The van der Waals surface area contributed by atoms with Crippen LogP contribution in [0.25, 0.3) is 0 Å². The molecule has 3 rings (SSSR count). The minimum absolute atomic E-state index is 0.303. The molecule has 0 unspecified atom stereocenters. The van der Waals surface area contributed by atoms with Crippen LogP contribution in [-0.4, -0.2) is 55.4 Å². The largest absolute Gasteiger partial charge is 0.496 e. The molecule has 6 nitrogen and oxygen atoms in total. The minimum atomic E-state index is 0.303. The van der Waals surface area contributed by atoms with Gasteiger partial charge >= 0.3 is 0 Å². The first-order valence-electron chi connectivity index (χ1n) is 9.19. The first-order valence-corrected chi connectivity index (χ1v) is 9.19. The molecule has 0 atom stereocenters. The highest BCUT2D eigenvalue weighted by atomic mass is 16.5. The number of rotatable bonds is 8. The first kappa shape index (κ1) is 18.9. The molecule has 1 aliphatic rings. The maximum atomic E-state index is 6.11. The molecule has 1 aliphatic heterocycles. The summed E-state index contributed by atoms with van der Waals surface area (Å²) in [4.78, 5) is 4.50. The van der Waals surface area contributed by atoms with E-state index >= 15 is 0 Å². The van der Waals surface area contributed by atoms with E-state index in [-0.39, 0.29) is 0 Å². The number of piperidine rings is 1. The van der Waals surface area contributed by atoms with Crippen molar-refractivity contribution in [3.8, 4) is 5.75 Å². The van der Waals surface area contributed by atoms with Crippen LogP contribution < -0.4 is 4.74 Å². The fourth-order valence-electron chi connectivity index (χ4n) is 3.31. The maximum Gasteiger partial charge on any atom is 0.150 e. The van der Waals surface area contributed by atoms with E-state index in [1.807, 2.05) is 32.3 Å². The zero-order valence-electron chi connectivity index (χ0n) is 16.0. The molecule has 1 fully saturated rings. The van der Waals surface area contributed by atoms with E-state index in [9.17, 15) is 0 Å². The van der Waals surface area contributed by atoms with Gasteiger partial charge in [-0.3, -0.25) is 4.90 Å².